The van der Waals surface area contributed by atoms with Crippen LogP contribution in [0.25, 0.3) is 0 Å². The van der Waals surface area contributed by atoms with E-state index >= 15 is 0 Å². The van der Waals surface area contributed by atoms with Crippen LogP contribution in [0.1, 0.15) is 32.3 Å². The summed E-state index contributed by atoms with van der Waals surface area (Å²) < 4.78 is 36.9. The van der Waals surface area contributed by atoms with Crippen molar-refractivity contribution in [3.8, 4) is 0 Å². The van der Waals surface area contributed by atoms with Crippen LogP contribution in [0.5, 0.6) is 0 Å². The minimum absolute atomic E-state index is 0.0852. The van der Waals surface area contributed by atoms with Crippen LogP contribution < -0.4 is 5.32 Å². The summed E-state index contributed by atoms with van der Waals surface area (Å²) in [4.78, 5) is 0. The van der Waals surface area contributed by atoms with Gasteiger partial charge in [0.25, 0.3) is 0 Å². The molecule has 1 unspecified atom stereocenters. The average Bonchev–Trinajstić information content (AvgIpc) is 2.29. The van der Waals surface area contributed by atoms with E-state index in [0.29, 0.717) is 0 Å². The summed E-state index contributed by atoms with van der Waals surface area (Å²) in [5, 5.41) is 3.01. The number of halogens is 3. The molecule has 0 aliphatic rings. The Hall–Kier alpha value is -1.03. The number of benzene rings is 1. The largest absolute Gasteiger partial charge is 0.389 e. The van der Waals surface area contributed by atoms with Gasteiger partial charge in [0.2, 0.25) is 0 Å². The second-order valence-electron chi connectivity index (χ2n) is 5.08. The highest BCUT2D eigenvalue weighted by atomic mass is 19.4. The van der Waals surface area contributed by atoms with E-state index in [4.69, 9.17) is 0 Å². The van der Waals surface area contributed by atoms with E-state index < -0.39 is 12.6 Å². The van der Waals surface area contributed by atoms with Crippen LogP contribution in [0.4, 0.5) is 13.2 Å². The number of hydrogen-bond donors (Lipinski definition) is 1. The predicted octanol–water partition coefficient (Wildman–Crippen LogP) is 3.89. The Balaban J connectivity index is 2.80. The lowest BCUT2D eigenvalue weighted by molar-refractivity contribution is -0.137. The number of rotatable bonds is 5. The quantitative estimate of drug-likeness (QED) is 0.845. The topological polar surface area (TPSA) is 12.0 Å². The Bertz CT molecular complexity index is 357. The van der Waals surface area contributed by atoms with Crippen molar-refractivity contribution < 1.29 is 13.2 Å². The fraction of sp³-hybridized carbons (Fsp3) is 0.571. The van der Waals surface area contributed by atoms with Crippen molar-refractivity contribution in [2.75, 3.05) is 7.05 Å². The van der Waals surface area contributed by atoms with Gasteiger partial charge in [0.1, 0.15) is 0 Å². The predicted molar refractivity (Wildman–Crippen MR) is 67.6 cm³/mol. The van der Waals surface area contributed by atoms with Crippen molar-refractivity contribution in [2.24, 2.45) is 0 Å². The zero-order valence-corrected chi connectivity index (χ0v) is 11.0. The Morgan fingerprint density at radius 2 is 1.67 bits per heavy atom. The molecule has 18 heavy (non-hydrogen) atoms. The van der Waals surface area contributed by atoms with Crippen molar-refractivity contribution in [2.45, 2.75) is 44.3 Å². The van der Waals surface area contributed by atoms with Gasteiger partial charge in [-0.05, 0) is 19.0 Å². The average molecular weight is 259 g/mol. The van der Waals surface area contributed by atoms with E-state index in [1.165, 1.54) is 0 Å². The van der Waals surface area contributed by atoms with Crippen LogP contribution in [0.15, 0.2) is 30.3 Å². The summed E-state index contributed by atoms with van der Waals surface area (Å²) in [5.74, 6) is 0. The van der Waals surface area contributed by atoms with Gasteiger partial charge in [0.05, 0.1) is 0 Å². The molecule has 0 aliphatic carbocycles. The molecule has 1 aromatic carbocycles. The Morgan fingerprint density at radius 3 is 2.11 bits per heavy atom. The van der Waals surface area contributed by atoms with Crippen molar-refractivity contribution in [1.82, 2.24) is 5.32 Å². The van der Waals surface area contributed by atoms with E-state index in [2.05, 4.69) is 5.32 Å². The summed E-state index contributed by atoms with van der Waals surface area (Å²) in [6.45, 7) is 3.94. The highest BCUT2D eigenvalue weighted by molar-refractivity contribution is 5.25. The van der Waals surface area contributed by atoms with E-state index in [1.54, 1.807) is 7.05 Å². The van der Waals surface area contributed by atoms with Crippen LogP contribution >= 0.6 is 0 Å². The lowest BCUT2D eigenvalue weighted by atomic mass is 9.76. The molecule has 1 atom stereocenters. The minimum atomic E-state index is -4.10. The molecule has 102 valence electrons. The molecule has 0 spiro atoms. The fourth-order valence-corrected chi connectivity index (χ4v) is 2.24. The third kappa shape index (κ3) is 4.02. The van der Waals surface area contributed by atoms with Crippen LogP contribution in [-0.4, -0.2) is 19.3 Å². The van der Waals surface area contributed by atoms with Gasteiger partial charge in [-0.25, -0.2) is 0 Å². The third-order valence-corrected chi connectivity index (χ3v) is 3.45. The third-order valence-electron chi connectivity index (χ3n) is 3.45. The van der Waals surface area contributed by atoms with Gasteiger partial charge in [0, 0.05) is 17.9 Å². The van der Waals surface area contributed by atoms with Crippen LogP contribution in [-0.2, 0) is 5.41 Å². The summed E-state index contributed by atoms with van der Waals surface area (Å²) in [7, 11) is 1.71. The minimum Gasteiger partial charge on any atom is -0.316 e. The molecule has 4 heteroatoms. The van der Waals surface area contributed by atoms with Crippen molar-refractivity contribution in [3.63, 3.8) is 0 Å². The van der Waals surface area contributed by atoms with Crippen molar-refractivity contribution >= 4 is 0 Å². The lowest BCUT2D eigenvalue weighted by Gasteiger charge is -2.35. The van der Waals surface area contributed by atoms with Gasteiger partial charge < -0.3 is 5.32 Å². The molecule has 1 aromatic rings. The lowest BCUT2D eigenvalue weighted by Crippen LogP contribution is -2.43. The highest BCUT2D eigenvalue weighted by Crippen LogP contribution is 2.32. The SMILES string of the molecule is CNC(CCC(F)(F)F)C(C)(C)c1ccccc1. The van der Waals surface area contributed by atoms with Crippen molar-refractivity contribution in [3.05, 3.63) is 35.9 Å². The molecule has 0 heterocycles. The van der Waals surface area contributed by atoms with Crippen LogP contribution in [0, 0.1) is 0 Å². The van der Waals surface area contributed by atoms with Crippen LogP contribution in [0.3, 0.4) is 0 Å². The van der Waals surface area contributed by atoms with E-state index in [9.17, 15) is 13.2 Å². The monoisotopic (exact) mass is 259 g/mol. The zero-order valence-electron chi connectivity index (χ0n) is 11.0. The first kappa shape index (κ1) is 15.0. The van der Waals surface area contributed by atoms with Gasteiger partial charge >= 0.3 is 6.18 Å². The second-order valence-corrected chi connectivity index (χ2v) is 5.08. The fourth-order valence-electron chi connectivity index (χ4n) is 2.24. The van der Waals surface area contributed by atoms with Crippen LogP contribution in [0.2, 0.25) is 0 Å². The molecule has 0 saturated heterocycles. The normalized spacial score (nSPS) is 14.6. The molecule has 0 amide bonds. The first-order chi connectivity index (χ1) is 8.27. The van der Waals surface area contributed by atoms with Crippen molar-refractivity contribution in [1.29, 1.82) is 0 Å². The molecule has 0 saturated carbocycles. The van der Waals surface area contributed by atoms with Gasteiger partial charge in [0.15, 0.2) is 0 Å². The molecule has 0 fully saturated rings. The van der Waals surface area contributed by atoms with E-state index in [1.807, 2.05) is 44.2 Å². The second kappa shape index (κ2) is 5.74. The molecule has 1 rings (SSSR count). The van der Waals surface area contributed by atoms with Gasteiger partial charge in [-0.3, -0.25) is 0 Å². The molecular formula is C14H20F3N. The smallest absolute Gasteiger partial charge is 0.316 e. The summed E-state index contributed by atoms with van der Waals surface area (Å²) in [5.41, 5.74) is 0.716. The summed E-state index contributed by atoms with van der Waals surface area (Å²) in [6.07, 6.45) is -4.77. The molecule has 0 aliphatic heterocycles. The van der Waals surface area contributed by atoms with Gasteiger partial charge in [-0.1, -0.05) is 44.2 Å². The van der Waals surface area contributed by atoms with E-state index in [-0.39, 0.29) is 17.9 Å². The number of nitrogens with one attached hydrogen (secondary N) is 1. The Morgan fingerprint density at radius 1 is 1.11 bits per heavy atom. The molecular weight excluding hydrogens is 239 g/mol. The number of hydrogen-bond acceptors (Lipinski definition) is 1. The summed E-state index contributed by atoms with van der Waals surface area (Å²) >= 11 is 0. The first-order valence-electron chi connectivity index (χ1n) is 6.07. The number of likely N-dealkylation sites (N-methyl/N-ethyl adjacent to an activating group) is 1. The van der Waals surface area contributed by atoms with Gasteiger partial charge in [-0.2, -0.15) is 13.2 Å². The van der Waals surface area contributed by atoms with Gasteiger partial charge in [-0.15, -0.1) is 0 Å². The van der Waals surface area contributed by atoms with E-state index in [0.717, 1.165) is 5.56 Å². The maximum atomic E-state index is 12.3. The summed E-state index contributed by atoms with van der Waals surface area (Å²) in [6, 6.07) is 9.43. The Labute approximate surface area is 106 Å². The molecule has 0 aromatic heterocycles. The maximum absolute atomic E-state index is 12.3. The molecule has 0 radical (unpaired) electrons. The highest BCUT2D eigenvalue weighted by Gasteiger charge is 2.34. The first-order valence-corrected chi connectivity index (χ1v) is 6.07. The standard InChI is InChI=1S/C14H20F3N/c1-13(2,11-7-5-4-6-8-11)12(18-3)9-10-14(15,16)17/h4-8,12,18H,9-10H2,1-3H3. The molecule has 1 N–H and O–H groups in total. The maximum Gasteiger partial charge on any atom is 0.389 e. The molecule has 1 nitrogen and oxygen atoms in total. The zero-order chi connectivity index (χ0) is 13.8. The number of alkyl halides is 3. The molecule has 0 bridgehead atoms. The Kier molecular flexibility index (Phi) is 4.79.